The van der Waals surface area contributed by atoms with Crippen LogP contribution in [-0.2, 0) is 4.79 Å². The van der Waals surface area contributed by atoms with E-state index >= 15 is 0 Å². The zero-order valence-corrected chi connectivity index (χ0v) is 9.46. The first-order chi connectivity index (χ1) is 7.17. The van der Waals surface area contributed by atoms with E-state index in [0.717, 1.165) is 19.4 Å². The quantitative estimate of drug-likeness (QED) is 0.677. The Morgan fingerprint density at radius 1 is 1.53 bits per heavy atom. The summed E-state index contributed by atoms with van der Waals surface area (Å²) in [5.41, 5.74) is 0.456. The molecule has 0 radical (unpaired) electrons. The Morgan fingerprint density at radius 2 is 2.20 bits per heavy atom. The Kier molecular flexibility index (Phi) is 3.01. The lowest BCUT2D eigenvalue weighted by Gasteiger charge is -2.19. The van der Waals surface area contributed by atoms with E-state index < -0.39 is 5.97 Å². The topological polar surface area (TPSA) is 49.3 Å². The molecule has 0 spiro atoms. The summed E-state index contributed by atoms with van der Waals surface area (Å²) in [5.74, 6) is -0.260. The maximum Gasteiger partial charge on any atom is 0.320 e. The van der Waals surface area contributed by atoms with Crippen molar-refractivity contribution in [2.24, 2.45) is 11.3 Å². The van der Waals surface area contributed by atoms with Gasteiger partial charge in [-0.05, 0) is 43.4 Å². The van der Waals surface area contributed by atoms with E-state index in [4.69, 9.17) is 5.11 Å². The zero-order chi connectivity index (χ0) is 10.9. The number of carboxylic acid groups (broad SMARTS) is 1. The number of aliphatic carboxylic acids is 1. The molecular formula is C12H21NO2. The van der Waals surface area contributed by atoms with Crippen LogP contribution >= 0.6 is 0 Å². The monoisotopic (exact) mass is 211 g/mol. The summed E-state index contributed by atoms with van der Waals surface area (Å²) < 4.78 is 0. The van der Waals surface area contributed by atoms with Crippen molar-refractivity contribution in [2.45, 2.75) is 51.5 Å². The number of carbonyl (C=O) groups is 1. The molecule has 2 N–H and O–H groups in total. The summed E-state index contributed by atoms with van der Waals surface area (Å²) in [6, 6.07) is -0.278. The van der Waals surface area contributed by atoms with Crippen molar-refractivity contribution in [1.82, 2.24) is 5.32 Å². The molecule has 2 fully saturated rings. The average molecular weight is 211 g/mol. The molecule has 15 heavy (non-hydrogen) atoms. The zero-order valence-electron chi connectivity index (χ0n) is 9.46. The van der Waals surface area contributed by atoms with Crippen LogP contribution in [0.2, 0.25) is 0 Å². The Hall–Kier alpha value is -0.570. The molecular weight excluding hydrogens is 190 g/mol. The molecule has 2 aliphatic carbocycles. The highest BCUT2D eigenvalue weighted by Gasteiger charge is 2.43. The van der Waals surface area contributed by atoms with Crippen molar-refractivity contribution in [1.29, 1.82) is 0 Å². The van der Waals surface area contributed by atoms with Crippen molar-refractivity contribution < 1.29 is 9.90 Å². The normalized spacial score (nSPS) is 24.9. The number of nitrogens with one attached hydrogen (secondary N) is 1. The summed E-state index contributed by atoms with van der Waals surface area (Å²) in [6.07, 6.45) is 7.20. The first-order valence-corrected chi connectivity index (χ1v) is 6.13. The second-order valence-corrected chi connectivity index (χ2v) is 5.28. The summed E-state index contributed by atoms with van der Waals surface area (Å²) in [4.78, 5) is 11.0. The van der Waals surface area contributed by atoms with Gasteiger partial charge in [0.25, 0.3) is 0 Å². The Balaban J connectivity index is 1.78. The minimum Gasteiger partial charge on any atom is -0.480 e. The van der Waals surface area contributed by atoms with Crippen molar-refractivity contribution >= 4 is 5.97 Å². The average Bonchev–Trinajstić information content (AvgIpc) is 3.01. The van der Waals surface area contributed by atoms with E-state index in [2.05, 4.69) is 12.2 Å². The highest BCUT2D eigenvalue weighted by atomic mass is 16.4. The molecule has 0 aromatic heterocycles. The summed E-state index contributed by atoms with van der Waals surface area (Å²) in [5, 5.41) is 12.3. The lowest BCUT2D eigenvalue weighted by molar-refractivity contribution is -0.140. The molecule has 1 unspecified atom stereocenters. The van der Waals surface area contributed by atoms with Crippen LogP contribution in [0, 0.1) is 11.3 Å². The van der Waals surface area contributed by atoms with Crippen LogP contribution in [0.25, 0.3) is 0 Å². The summed E-state index contributed by atoms with van der Waals surface area (Å²) in [6.45, 7) is 3.12. The Bertz CT molecular complexity index is 244. The fourth-order valence-corrected chi connectivity index (χ4v) is 2.43. The molecule has 0 bridgehead atoms. The molecule has 1 atom stereocenters. The van der Waals surface area contributed by atoms with Gasteiger partial charge in [-0.2, -0.15) is 0 Å². The fraction of sp³-hybridized carbons (Fsp3) is 0.917. The molecule has 0 aliphatic heterocycles. The van der Waals surface area contributed by atoms with Crippen molar-refractivity contribution in [3.05, 3.63) is 0 Å². The van der Waals surface area contributed by atoms with Gasteiger partial charge in [-0.3, -0.25) is 4.79 Å². The highest BCUT2D eigenvalue weighted by molar-refractivity contribution is 5.74. The second kappa shape index (κ2) is 4.12. The third-order valence-electron chi connectivity index (χ3n) is 3.79. The molecule has 3 nitrogen and oxygen atoms in total. The third-order valence-corrected chi connectivity index (χ3v) is 3.79. The van der Waals surface area contributed by atoms with Gasteiger partial charge in [-0.25, -0.2) is 0 Å². The van der Waals surface area contributed by atoms with Crippen LogP contribution < -0.4 is 5.32 Å². The predicted molar refractivity (Wildman–Crippen MR) is 58.7 cm³/mol. The van der Waals surface area contributed by atoms with Gasteiger partial charge in [0.05, 0.1) is 0 Å². The van der Waals surface area contributed by atoms with Gasteiger partial charge < -0.3 is 10.4 Å². The highest BCUT2D eigenvalue weighted by Crippen LogP contribution is 2.49. The molecule has 86 valence electrons. The fourth-order valence-electron chi connectivity index (χ4n) is 2.43. The van der Waals surface area contributed by atoms with Gasteiger partial charge in [0.15, 0.2) is 0 Å². The first kappa shape index (κ1) is 10.9. The van der Waals surface area contributed by atoms with Crippen LogP contribution in [0.5, 0.6) is 0 Å². The summed E-state index contributed by atoms with van der Waals surface area (Å²) >= 11 is 0. The maximum absolute atomic E-state index is 11.0. The first-order valence-electron chi connectivity index (χ1n) is 6.13. The van der Waals surface area contributed by atoms with Crippen LogP contribution in [0.4, 0.5) is 0 Å². The lowest BCUT2D eigenvalue weighted by atomic mass is 10.00. The van der Waals surface area contributed by atoms with Gasteiger partial charge in [-0.15, -0.1) is 0 Å². The third kappa shape index (κ3) is 2.71. The van der Waals surface area contributed by atoms with Crippen LogP contribution in [-0.4, -0.2) is 23.7 Å². The van der Waals surface area contributed by atoms with E-state index in [1.807, 2.05) is 0 Å². The van der Waals surface area contributed by atoms with Crippen molar-refractivity contribution in [3.8, 4) is 0 Å². The minimum absolute atomic E-state index is 0.278. The van der Waals surface area contributed by atoms with Crippen LogP contribution in [0.3, 0.4) is 0 Å². The van der Waals surface area contributed by atoms with E-state index in [1.54, 1.807) is 0 Å². The molecule has 2 saturated carbocycles. The largest absolute Gasteiger partial charge is 0.480 e. The summed E-state index contributed by atoms with van der Waals surface area (Å²) in [7, 11) is 0. The van der Waals surface area contributed by atoms with E-state index in [-0.39, 0.29) is 6.04 Å². The maximum atomic E-state index is 11.0. The van der Waals surface area contributed by atoms with Gasteiger partial charge >= 0.3 is 5.97 Å². The van der Waals surface area contributed by atoms with E-state index in [0.29, 0.717) is 11.3 Å². The van der Waals surface area contributed by atoms with Gasteiger partial charge in [0.2, 0.25) is 0 Å². The van der Waals surface area contributed by atoms with Crippen molar-refractivity contribution in [3.63, 3.8) is 0 Å². The number of rotatable bonds is 7. The standard InChI is InChI=1S/C12H21NO2/c1-2-5-12(6-7-12)8-13-10(11(14)15)9-3-4-9/h9-10,13H,2-8H2,1H3,(H,14,15). The van der Waals surface area contributed by atoms with E-state index in [9.17, 15) is 4.79 Å². The molecule has 2 rings (SSSR count). The second-order valence-electron chi connectivity index (χ2n) is 5.28. The molecule has 0 amide bonds. The SMILES string of the molecule is CCCC1(CNC(C(=O)O)C2CC2)CC1. The minimum atomic E-state index is -0.662. The number of hydrogen-bond acceptors (Lipinski definition) is 2. The number of carboxylic acids is 1. The molecule has 0 heterocycles. The van der Waals surface area contributed by atoms with Crippen molar-refractivity contribution in [2.75, 3.05) is 6.54 Å². The Labute approximate surface area is 91.2 Å². The molecule has 0 aromatic rings. The van der Waals surface area contributed by atoms with Gasteiger partial charge in [0, 0.05) is 6.54 Å². The molecule has 3 heteroatoms. The number of hydrogen-bond donors (Lipinski definition) is 2. The van der Waals surface area contributed by atoms with Crippen LogP contribution in [0.1, 0.15) is 45.4 Å². The smallest absolute Gasteiger partial charge is 0.320 e. The van der Waals surface area contributed by atoms with E-state index in [1.165, 1.54) is 25.7 Å². The molecule has 0 saturated heterocycles. The Morgan fingerprint density at radius 3 is 2.60 bits per heavy atom. The molecule has 0 aromatic carbocycles. The van der Waals surface area contributed by atoms with Crippen LogP contribution in [0.15, 0.2) is 0 Å². The lowest BCUT2D eigenvalue weighted by Crippen LogP contribution is -2.41. The molecule has 2 aliphatic rings. The van der Waals surface area contributed by atoms with Gasteiger partial charge in [0.1, 0.15) is 6.04 Å². The predicted octanol–water partition coefficient (Wildman–Crippen LogP) is 2.02. The van der Waals surface area contributed by atoms with Gasteiger partial charge in [-0.1, -0.05) is 13.3 Å².